The van der Waals surface area contributed by atoms with Crippen molar-refractivity contribution in [3.63, 3.8) is 0 Å². The number of hydrogen-bond acceptors (Lipinski definition) is 3. The summed E-state index contributed by atoms with van der Waals surface area (Å²) < 4.78 is 5.46. The molecular formula is C14H19NO2S. The molecule has 1 aromatic carbocycles. The van der Waals surface area contributed by atoms with E-state index >= 15 is 0 Å². The summed E-state index contributed by atoms with van der Waals surface area (Å²) in [5, 5.41) is 2.93. The lowest BCUT2D eigenvalue weighted by atomic mass is 10.2. The molecule has 18 heavy (non-hydrogen) atoms. The zero-order valence-electron chi connectivity index (χ0n) is 10.6. The maximum absolute atomic E-state index is 11.7. The maximum atomic E-state index is 11.7. The molecule has 1 N–H and O–H groups in total. The Morgan fingerprint density at radius 2 is 2.33 bits per heavy atom. The predicted octanol–water partition coefficient (Wildman–Crippen LogP) is 2.38. The van der Waals surface area contributed by atoms with Crippen molar-refractivity contribution in [3.8, 4) is 0 Å². The van der Waals surface area contributed by atoms with E-state index < -0.39 is 0 Å². The summed E-state index contributed by atoms with van der Waals surface area (Å²) in [6.07, 6.45) is 2.39. The molecule has 3 nitrogen and oxygen atoms in total. The number of amides is 1. The summed E-state index contributed by atoms with van der Waals surface area (Å²) in [6, 6.07) is 8.12. The average molecular weight is 265 g/mol. The number of benzene rings is 1. The molecule has 0 aliphatic carbocycles. The van der Waals surface area contributed by atoms with Gasteiger partial charge in [-0.1, -0.05) is 18.2 Å². The molecule has 1 aliphatic heterocycles. The number of rotatable bonds is 5. The van der Waals surface area contributed by atoms with E-state index in [1.165, 1.54) is 10.5 Å². The third-order valence-electron chi connectivity index (χ3n) is 3.00. The van der Waals surface area contributed by atoms with E-state index in [2.05, 4.69) is 18.3 Å². The predicted molar refractivity (Wildman–Crippen MR) is 73.9 cm³/mol. The molecule has 1 amide bonds. The van der Waals surface area contributed by atoms with E-state index in [1.54, 1.807) is 11.8 Å². The van der Waals surface area contributed by atoms with Crippen LogP contribution >= 0.6 is 11.8 Å². The smallest absolute Gasteiger partial charge is 0.230 e. The van der Waals surface area contributed by atoms with Crippen LogP contribution in [0.4, 0.5) is 0 Å². The Bertz CT molecular complexity index is 403. The van der Waals surface area contributed by atoms with Crippen molar-refractivity contribution in [1.82, 2.24) is 5.32 Å². The maximum Gasteiger partial charge on any atom is 0.230 e. The molecule has 1 atom stereocenters. The number of thioether (sulfide) groups is 1. The number of carbonyl (C=O) groups is 1. The molecule has 1 aromatic rings. The van der Waals surface area contributed by atoms with E-state index in [-0.39, 0.29) is 12.0 Å². The van der Waals surface area contributed by atoms with Gasteiger partial charge in [0.2, 0.25) is 5.91 Å². The number of nitrogens with one attached hydrogen (secondary N) is 1. The quantitative estimate of drug-likeness (QED) is 0.831. The minimum Gasteiger partial charge on any atom is -0.376 e. The average Bonchev–Trinajstić information content (AvgIpc) is 2.88. The van der Waals surface area contributed by atoms with E-state index in [0.717, 1.165) is 19.4 Å². The van der Waals surface area contributed by atoms with Gasteiger partial charge in [-0.15, -0.1) is 11.8 Å². The molecule has 0 saturated carbocycles. The van der Waals surface area contributed by atoms with E-state index in [4.69, 9.17) is 4.74 Å². The third-order valence-corrected chi connectivity index (χ3v) is 4.18. The number of aryl methyl sites for hydroxylation is 1. The molecule has 0 bridgehead atoms. The molecule has 0 radical (unpaired) electrons. The second-order valence-corrected chi connectivity index (χ2v) is 5.51. The standard InChI is InChI=1S/C14H19NO2S/c1-11-5-2-3-7-13(11)18-10-14(16)15-9-12-6-4-8-17-12/h2-3,5,7,12H,4,6,8-10H2,1H3,(H,15,16). The highest BCUT2D eigenvalue weighted by atomic mass is 32.2. The molecule has 1 heterocycles. The van der Waals surface area contributed by atoms with E-state index in [9.17, 15) is 4.79 Å². The Hall–Kier alpha value is -1.00. The minimum atomic E-state index is 0.0822. The van der Waals surface area contributed by atoms with Crippen molar-refractivity contribution in [2.24, 2.45) is 0 Å². The Morgan fingerprint density at radius 1 is 1.50 bits per heavy atom. The van der Waals surface area contributed by atoms with Crippen molar-refractivity contribution < 1.29 is 9.53 Å². The van der Waals surface area contributed by atoms with Crippen LogP contribution in [0.2, 0.25) is 0 Å². The van der Waals surface area contributed by atoms with Gasteiger partial charge in [0.25, 0.3) is 0 Å². The molecule has 4 heteroatoms. The fraction of sp³-hybridized carbons (Fsp3) is 0.500. The fourth-order valence-corrected chi connectivity index (χ4v) is 2.80. The van der Waals surface area contributed by atoms with Crippen LogP contribution in [0, 0.1) is 6.92 Å². The van der Waals surface area contributed by atoms with Gasteiger partial charge in [-0.05, 0) is 31.4 Å². The minimum absolute atomic E-state index is 0.0822. The van der Waals surface area contributed by atoms with Crippen LogP contribution in [0.3, 0.4) is 0 Å². The monoisotopic (exact) mass is 265 g/mol. The molecule has 0 aromatic heterocycles. The van der Waals surface area contributed by atoms with Crippen LogP contribution in [-0.2, 0) is 9.53 Å². The fourth-order valence-electron chi connectivity index (χ4n) is 1.95. The molecule has 1 saturated heterocycles. The Balaban J connectivity index is 1.69. The van der Waals surface area contributed by atoms with Gasteiger partial charge in [-0.25, -0.2) is 0 Å². The lowest BCUT2D eigenvalue weighted by Crippen LogP contribution is -2.32. The SMILES string of the molecule is Cc1ccccc1SCC(=O)NCC1CCCO1. The van der Waals surface area contributed by atoms with Gasteiger partial charge >= 0.3 is 0 Å². The highest BCUT2D eigenvalue weighted by Crippen LogP contribution is 2.21. The summed E-state index contributed by atoms with van der Waals surface area (Å²) in [5.74, 6) is 0.552. The summed E-state index contributed by atoms with van der Waals surface area (Å²) in [4.78, 5) is 12.9. The number of carbonyl (C=O) groups excluding carboxylic acids is 1. The molecule has 98 valence electrons. The van der Waals surface area contributed by atoms with Crippen LogP contribution < -0.4 is 5.32 Å². The summed E-state index contributed by atoms with van der Waals surface area (Å²) >= 11 is 1.58. The molecular weight excluding hydrogens is 246 g/mol. The zero-order valence-corrected chi connectivity index (χ0v) is 11.5. The first kappa shape index (κ1) is 13.4. The first-order valence-corrected chi connectivity index (χ1v) is 7.31. The van der Waals surface area contributed by atoms with Gasteiger partial charge in [0.15, 0.2) is 0 Å². The Kier molecular flexibility index (Phi) is 5.08. The van der Waals surface area contributed by atoms with Gasteiger partial charge in [-0.3, -0.25) is 4.79 Å². The Labute approximate surface area is 112 Å². The first-order valence-electron chi connectivity index (χ1n) is 6.32. The summed E-state index contributed by atoms with van der Waals surface area (Å²) in [7, 11) is 0. The van der Waals surface area contributed by atoms with Crippen LogP contribution in [0.15, 0.2) is 29.2 Å². The van der Waals surface area contributed by atoms with Crippen LogP contribution in [0.25, 0.3) is 0 Å². The molecule has 1 unspecified atom stereocenters. The zero-order chi connectivity index (χ0) is 12.8. The van der Waals surface area contributed by atoms with Crippen molar-refractivity contribution >= 4 is 17.7 Å². The molecule has 2 rings (SSSR count). The van der Waals surface area contributed by atoms with E-state index in [1.807, 2.05) is 18.2 Å². The highest BCUT2D eigenvalue weighted by molar-refractivity contribution is 8.00. The topological polar surface area (TPSA) is 38.3 Å². The normalized spacial score (nSPS) is 18.8. The summed E-state index contributed by atoms with van der Waals surface area (Å²) in [5.41, 5.74) is 1.22. The van der Waals surface area contributed by atoms with Gasteiger partial charge in [0.05, 0.1) is 11.9 Å². The Morgan fingerprint density at radius 3 is 3.06 bits per heavy atom. The highest BCUT2D eigenvalue weighted by Gasteiger charge is 2.16. The van der Waals surface area contributed by atoms with Gasteiger partial charge in [-0.2, -0.15) is 0 Å². The number of ether oxygens (including phenoxy) is 1. The van der Waals surface area contributed by atoms with Crippen molar-refractivity contribution in [1.29, 1.82) is 0 Å². The van der Waals surface area contributed by atoms with Gasteiger partial charge in [0.1, 0.15) is 0 Å². The molecule has 1 fully saturated rings. The summed E-state index contributed by atoms with van der Waals surface area (Å²) in [6.45, 7) is 3.54. The molecule has 0 spiro atoms. The third kappa shape index (κ3) is 4.03. The van der Waals surface area contributed by atoms with Crippen LogP contribution in [0.1, 0.15) is 18.4 Å². The lowest BCUT2D eigenvalue weighted by Gasteiger charge is -2.11. The largest absolute Gasteiger partial charge is 0.376 e. The molecule has 1 aliphatic rings. The van der Waals surface area contributed by atoms with Crippen molar-refractivity contribution in [2.75, 3.05) is 18.9 Å². The second kappa shape index (κ2) is 6.81. The second-order valence-electron chi connectivity index (χ2n) is 4.49. The van der Waals surface area contributed by atoms with Gasteiger partial charge < -0.3 is 10.1 Å². The van der Waals surface area contributed by atoms with Crippen LogP contribution in [-0.4, -0.2) is 30.9 Å². The van der Waals surface area contributed by atoms with Crippen LogP contribution in [0.5, 0.6) is 0 Å². The van der Waals surface area contributed by atoms with Crippen molar-refractivity contribution in [2.45, 2.75) is 30.8 Å². The van der Waals surface area contributed by atoms with Gasteiger partial charge in [0, 0.05) is 18.0 Å². The first-order chi connectivity index (χ1) is 8.75. The lowest BCUT2D eigenvalue weighted by molar-refractivity contribution is -0.119. The van der Waals surface area contributed by atoms with E-state index in [0.29, 0.717) is 12.3 Å². The van der Waals surface area contributed by atoms with Crippen molar-refractivity contribution in [3.05, 3.63) is 29.8 Å². The number of hydrogen-bond donors (Lipinski definition) is 1.